The molecule has 3 amide bonds. The monoisotopic (exact) mass is 587 g/mol. The maximum atomic E-state index is 13.4. The fourth-order valence-electron chi connectivity index (χ4n) is 5.40. The van der Waals surface area contributed by atoms with Crippen molar-refractivity contribution in [3.8, 4) is 0 Å². The van der Waals surface area contributed by atoms with E-state index < -0.39 is 35.6 Å². The molecule has 1 heterocycles. The molecule has 1 saturated carbocycles. The van der Waals surface area contributed by atoms with Crippen LogP contribution in [0.15, 0.2) is 48.5 Å². The smallest absolute Gasteiger partial charge is 0.408 e. The molecule has 0 radical (unpaired) electrons. The van der Waals surface area contributed by atoms with E-state index in [9.17, 15) is 19.2 Å². The highest BCUT2D eigenvalue weighted by Gasteiger charge is 2.53. The third-order valence-electron chi connectivity index (χ3n) is 7.58. The summed E-state index contributed by atoms with van der Waals surface area (Å²) in [7, 11) is 0. The molecule has 8 nitrogen and oxygen atoms in total. The van der Waals surface area contributed by atoms with Crippen molar-refractivity contribution in [2.45, 2.75) is 69.6 Å². The highest BCUT2D eigenvalue weighted by molar-refractivity contribution is 6.31. The first-order valence-electron chi connectivity index (χ1n) is 13.6. The Morgan fingerprint density at radius 1 is 1.10 bits per heavy atom. The Kier molecular flexibility index (Phi) is 9.74. The van der Waals surface area contributed by atoms with Gasteiger partial charge in [0.05, 0.1) is 6.04 Å². The highest BCUT2D eigenvalue weighted by Crippen LogP contribution is 2.58. The number of halogens is 2. The lowest BCUT2D eigenvalue weighted by Gasteiger charge is -2.29. The van der Waals surface area contributed by atoms with Gasteiger partial charge in [0, 0.05) is 27.9 Å². The van der Waals surface area contributed by atoms with Crippen molar-refractivity contribution < 1.29 is 23.9 Å². The van der Waals surface area contributed by atoms with Crippen LogP contribution in [0.5, 0.6) is 0 Å². The number of carbonyl (C=O) groups excluding carboxylic acids is 4. The second kappa shape index (κ2) is 13.0. The third-order valence-corrected chi connectivity index (χ3v) is 8.05. The molecule has 2 aliphatic rings. The molecule has 2 aromatic carbocycles. The molecular weight excluding hydrogens is 553 g/mol. The standard InChI is InChI=1S/C30H35Cl2N3O5/c1-18(2)13-25(28(38)34-24(17-36)15-20-9-12-33-27(20)37)35-29(39)40-26(19-5-3-7-22(31)14-19)30(10-11-30)21-6-4-8-23(32)16-21/h3-8,14,16-18,20,24-26H,9-13,15H2,1-2H3,(H,33,37)(H,34,38)(H,35,39). The fourth-order valence-corrected chi connectivity index (χ4v) is 5.79. The summed E-state index contributed by atoms with van der Waals surface area (Å²) < 4.78 is 6.07. The summed E-state index contributed by atoms with van der Waals surface area (Å²) in [4.78, 5) is 50.3. The molecule has 4 atom stereocenters. The minimum absolute atomic E-state index is 0.0660. The van der Waals surface area contributed by atoms with Gasteiger partial charge in [0.1, 0.15) is 18.4 Å². The molecular formula is C30H35Cl2N3O5. The summed E-state index contributed by atoms with van der Waals surface area (Å²) in [5.74, 6) is -0.897. The topological polar surface area (TPSA) is 114 Å². The van der Waals surface area contributed by atoms with E-state index in [-0.39, 0.29) is 24.2 Å². The Morgan fingerprint density at radius 3 is 2.38 bits per heavy atom. The molecule has 2 fully saturated rings. The van der Waals surface area contributed by atoms with Crippen LogP contribution in [-0.2, 0) is 24.5 Å². The van der Waals surface area contributed by atoms with Gasteiger partial charge in [-0.25, -0.2) is 4.79 Å². The second-order valence-electron chi connectivity index (χ2n) is 11.1. The van der Waals surface area contributed by atoms with Gasteiger partial charge >= 0.3 is 6.09 Å². The molecule has 4 unspecified atom stereocenters. The van der Waals surface area contributed by atoms with Gasteiger partial charge in [-0.1, -0.05) is 61.3 Å². The van der Waals surface area contributed by atoms with E-state index in [0.29, 0.717) is 35.7 Å². The molecule has 2 aromatic rings. The number of ether oxygens (including phenoxy) is 1. The Morgan fingerprint density at radius 2 is 1.80 bits per heavy atom. The normalized spacial score (nSPS) is 19.7. The molecule has 4 rings (SSSR count). The van der Waals surface area contributed by atoms with Crippen LogP contribution in [0.4, 0.5) is 4.79 Å². The Labute approximate surface area is 244 Å². The summed E-state index contributed by atoms with van der Waals surface area (Å²) in [6.07, 6.45) is 1.92. The maximum Gasteiger partial charge on any atom is 0.408 e. The minimum Gasteiger partial charge on any atom is -0.440 e. The number of hydrogen-bond acceptors (Lipinski definition) is 5. The lowest BCUT2D eigenvalue weighted by Crippen LogP contribution is -2.51. The predicted octanol–water partition coefficient (Wildman–Crippen LogP) is 5.12. The largest absolute Gasteiger partial charge is 0.440 e. The molecule has 40 heavy (non-hydrogen) atoms. The highest BCUT2D eigenvalue weighted by atomic mass is 35.5. The zero-order valence-corrected chi connectivity index (χ0v) is 24.1. The number of hydrogen-bond donors (Lipinski definition) is 3. The lowest BCUT2D eigenvalue weighted by atomic mass is 9.86. The van der Waals surface area contributed by atoms with Crippen LogP contribution >= 0.6 is 23.2 Å². The summed E-state index contributed by atoms with van der Waals surface area (Å²) in [6, 6.07) is 12.9. The molecule has 214 valence electrons. The SMILES string of the molecule is CC(C)CC(NC(=O)OC(c1cccc(Cl)c1)C1(c2cccc(Cl)c2)CC1)C(=O)NC(C=O)CC1CCNC1=O. The first-order chi connectivity index (χ1) is 19.1. The number of carbonyl (C=O) groups is 4. The van der Waals surface area contributed by atoms with Crippen LogP contribution in [0.25, 0.3) is 0 Å². The Hall–Kier alpha value is -3.10. The van der Waals surface area contributed by atoms with E-state index in [4.69, 9.17) is 27.9 Å². The number of alkyl carbamates (subject to hydrolysis) is 1. The van der Waals surface area contributed by atoms with E-state index >= 15 is 0 Å². The fraction of sp³-hybridized carbons (Fsp3) is 0.467. The first-order valence-corrected chi connectivity index (χ1v) is 14.4. The lowest BCUT2D eigenvalue weighted by molar-refractivity contribution is -0.127. The summed E-state index contributed by atoms with van der Waals surface area (Å²) in [6.45, 7) is 4.41. The zero-order valence-electron chi connectivity index (χ0n) is 22.6. The maximum absolute atomic E-state index is 13.4. The number of benzene rings is 2. The van der Waals surface area contributed by atoms with E-state index in [2.05, 4.69) is 16.0 Å². The third kappa shape index (κ3) is 7.34. The van der Waals surface area contributed by atoms with E-state index in [1.54, 1.807) is 24.3 Å². The molecule has 1 aliphatic heterocycles. The molecule has 3 N–H and O–H groups in total. The summed E-state index contributed by atoms with van der Waals surface area (Å²) in [5.41, 5.74) is 1.22. The first kappa shape index (κ1) is 29.9. The van der Waals surface area contributed by atoms with Crippen LogP contribution in [0.3, 0.4) is 0 Å². The van der Waals surface area contributed by atoms with E-state index in [1.807, 2.05) is 38.1 Å². The summed E-state index contributed by atoms with van der Waals surface area (Å²) in [5, 5.41) is 9.28. The second-order valence-corrected chi connectivity index (χ2v) is 12.0. The Bertz CT molecular complexity index is 1250. The minimum atomic E-state index is -0.936. The van der Waals surface area contributed by atoms with Crippen LogP contribution in [0.1, 0.15) is 63.2 Å². The zero-order chi connectivity index (χ0) is 28.9. The van der Waals surface area contributed by atoms with Crippen molar-refractivity contribution in [3.63, 3.8) is 0 Å². The summed E-state index contributed by atoms with van der Waals surface area (Å²) >= 11 is 12.6. The van der Waals surface area contributed by atoms with E-state index in [1.165, 1.54) is 0 Å². The van der Waals surface area contributed by atoms with Crippen molar-refractivity contribution in [3.05, 3.63) is 69.7 Å². The van der Waals surface area contributed by atoms with Gasteiger partial charge in [-0.2, -0.15) is 0 Å². The van der Waals surface area contributed by atoms with Gasteiger partial charge in [-0.05, 0) is 73.4 Å². The number of rotatable bonds is 12. The van der Waals surface area contributed by atoms with Crippen molar-refractivity contribution in [1.82, 2.24) is 16.0 Å². The predicted molar refractivity (Wildman–Crippen MR) is 153 cm³/mol. The van der Waals surface area contributed by atoms with Crippen LogP contribution < -0.4 is 16.0 Å². The molecule has 1 aliphatic carbocycles. The van der Waals surface area contributed by atoms with Crippen LogP contribution in [0, 0.1) is 11.8 Å². The average Bonchev–Trinajstić information content (AvgIpc) is 3.62. The van der Waals surface area contributed by atoms with Crippen molar-refractivity contribution in [2.75, 3.05) is 6.54 Å². The van der Waals surface area contributed by atoms with Crippen LogP contribution in [0.2, 0.25) is 10.0 Å². The average molecular weight is 589 g/mol. The van der Waals surface area contributed by atoms with Gasteiger partial charge in [0.25, 0.3) is 0 Å². The molecule has 0 bridgehead atoms. The van der Waals surface area contributed by atoms with Crippen molar-refractivity contribution in [2.24, 2.45) is 11.8 Å². The van der Waals surface area contributed by atoms with Gasteiger partial charge in [-0.3, -0.25) is 9.59 Å². The Balaban J connectivity index is 1.51. The molecule has 0 spiro atoms. The van der Waals surface area contributed by atoms with Gasteiger partial charge < -0.3 is 25.5 Å². The van der Waals surface area contributed by atoms with Gasteiger partial charge in [0.15, 0.2) is 0 Å². The van der Waals surface area contributed by atoms with Crippen molar-refractivity contribution in [1.29, 1.82) is 0 Å². The van der Waals surface area contributed by atoms with Gasteiger partial charge in [-0.15, -0.1) is 0 Å². The van der Waals surface area contributed by atoms with E-state index in [0.717, 1.165) is 24.0 Å². The van der Waals surface area contributed by atoms with Gasteiger partial charge in [0.2, 0.25) is 11.8 Å². The van der Waals surface area contributed by atoms with Crippen molar-refractivity contribution >= 4 is 47.4 Å². The molecule has 10 heteroatoms. The molecule has 0 aromatic heterocycles. The number of aldehydes is 1. The van der Waals surface area contributed by atoms with Crippen LogP contribution in [-0.4, -0.2) is 42.8 Å². The number of nitrogens with one attached hydrogen (secondary N) is 3. The molecule has 1 saturated heterocycles. The number of amides is 3. The quantitative estimate of drug-likeness (QED) is 0.298.